The maximum Gasteiger partial charge on any atom is 0.338 e. The first-order valence-electron chi connectivity index (χ1n) is 7.90. The van der Waals surface area contributed by atoms with E-state index in [0.29, 0.717) is 18.8 Å². The van der Waals surface area contributed by atoms with Gasteiger partial charge in [-0.25, -0.2) is 4.79 Å². The molecular weight excluding hydrogens is 298 g/mol. The average molecular weight is 319 g/mol. The third-order valence-corrected chi connectivity index (χ3v) is 4.39. The Labute approximate surface area is 135 Å². The molecule has 2 fully saturated rings. The Balaban J connectivity index is 1.67. The van der Waals surface area contributed by atoms with Gasteiger partial charge in [-0.15, -0.1) is 0 Å². The molecule has 1 aromatic carbocycles. The highest BCUT2D eigenvalue weighted by atomic mass is 16.6. The zero-order valence-electron chi connectivity index (χ0n) is 13.1. The van der Waals surface area contributed by atoms with E-state index in [0.717, 1.165) is 19.3 Å². The summed E-state index contributed by atoms with van der Waals surface area (Å²) in [6.45, 7) is 1.25. The summed E-state index contributed by atoms with van der Waals surface area (Å²) < 4.78 is 16.1. The van der Waals surface area contributed by atoms with E-state index >= 15 is 0 Å². The Bertz CT molecular complexity index is 588. The van der Waals surface area contributed by atoms with Gasteiger partial charge < -0.3 is 19.5 Å². The summed E-state index contributed by atoms with van der Waals surface area (Å²) in [6, 6.07) is 6.69. The first kappa shape index (κ1) is 16.0. The molecule has 1 saturated carbocycles. The number of rotatable bonds is 3. The Hall–Kier alpha value is -1.92. The largest absolute Gasteiger partial charge is 0.465 e. The number of nitrogens with one attached hydrogen (secondary N) is 1. The summed E-state index contributed by atoms with van der Waals surface area (Å²) >= 11 is 0. The zero-order chi connectivity index (χ0) is 16.2. The number of fused-ring (bicyclic) bond motifs is 1. The molecule has 0 aromatic heterocycles. The van der Waals surface area contributed by atoms with Gasteiger partial charge >= 0.3 is 5.97 Å². The van der Waals surface area contributed by atoms with Crippen molar-refractivity contribution in [3.8, 4) is 0 Å². The minimum Gasteiger partial charge on any atom is -0.465 e. The van der Waals surface area contributed by atoms with Gasteiger partial charge in [-0.1, -0.05) is 12.1 Å². The zero-order valence-corrected chi connectivity index (χ0v) is 13.1. The van der Waals surface area contributed by atoms with Crippen molar-refractivity contribution in [3.63, 3.8) is 0 Å². The summed E-state index contributed by atoms with van der Waals surface area (Å²) in [4.78, 5) is 24.3. The van der Waals surface area contributed by atoms with Crippen LogP contribution in [0.2, 0.25) is 0 Å². The van der Waals surface area contributed by atoms with Crippen LogP contribution in [0, 0.1) is 0 Å². The molecule has 0 bridgehead atoms. The first-order chi connectivity index (χ1) is 11.2. The fraction of sp³-hybridized carbons (Fsp3) is 0.529. The first-order valence-corrected chi connectivity index (χ1v) is 7.90. The van der Waals surface area contributed by atoms with Crippen LogP contribution in [0.1, 0.15) is 40.0 Å². The van der Waals surface area contributed by atoms with Gasteiger partial charge in [0.15, 0.2) is 0 Å². The van der Waals surface area contributed by atoms with Crippen molar-refractivity contribution in [1.29, 1.82) is 0 Å². The second kappa shape index (κ2) is 7.10. The van der Waals surface area contributed by atoms with Crippen LogP contribution in [0.3, 0.4) is 0 Å². The van der Waals surface area contributed by atoms with Crippen LogP contribution in [0.4, 0.5) is 0 Å². The lowest BCUT2D eigenvalue weighted by molar-refractivity contribution is -0.157. The highest BCUT2D eigenvalue weighted by Gasteiger charge is 2.35. The van der Waals surface area contributed by atoms with Crippen LogP contribution in [0.5, 0.6) is 0 Å². The summed E-state index contributed by atoms with van der Waals surface area (Å²) in [6.07, 6.45) is 2.62. The topological polar surface area (TPSA) is 73.9 Å². The van der Waals surface area contributed by atoms with Gasteiger partial charge in [0.1, 0.15) is 0 Å². The van der Waals surface area contributed by atoms with Gasteiger partial charge in [0, 0.05) is 6.04 Å². The van der Waals surface area contributed by atoms with Crippen molar-refractivity contribution >= 4 is 11.9 Å². The van der Waals surface area contributed by atoms with Crippen LogP contribution in [-0.2, 0) is 14.2 Å². The number of carbonyl (C=O) groups excluding carboxylic acids is 2. The smallest absolute Gasteiger partial charge is 0.338 e. The predicted octanol–water partition coefficient (Wildman–Crippen LogP) is 1.54. The molecule has 1 amide bonds. The molecule has 6 nitrogen and oxygen atoms in total. The van der Waals surface area contributed by atoms with Crippen LogP contribution in [0.15, 0.2) is 24.3 Å². The van der Waals surface area contributed by atoms with E-state index in [1.807, 2.05) is 0 Å². The highest BCUT2D eigenvalue weighted by molar-refractivity contribution is 6.05. The third kappa shape index (κ3) is 3.54. The molecular formula is C17H21NO5. The Kier molecular flexibility index (Phi) is 4.93. The molecule has 0 radical (unpaired) electrons. The van der Waals surface area contributed by atoms with Crippen molar-refractivity contribution < 1.29 is 23.8 Å². The van der Waals surface area contributed by atoms with Crippen molar-refractivity contribution in [2.75, 3.05) is 20.3 Å². The molecule has 124 valence electrons. The minimum absolute atomic E-state index is 0.0242. The fourth-order valence-electron chi connectivity index (χ4n) is 3.23. The van der Waals surface area contributed by atoms with Gasteiger partial charge in [-0.05, 0) is 31.4 Å². The van der Waals surface area contributed by atoms with Gasteiger partial charge in [0.25, 0.3) is 5.91 Å². The van der Waals surface area contributed by atoms with E-state index in [1.165, 1.54) is 7.11 Å². The summed E-state index contributed by atoms with van der Waals surface area (Å²) in [5.41, 5.74) is 0.612. The number of carbonyl (C=O) groups is 2. The molecule has 3 rings (SSSR count). The molecule has 3 unspecified atom stereocenters. The quantitative estimate of drug-likeness (QED) is 0.856. The van der Waals surface area contributed by atoms with Crippen LogP contribution in [-0.4, -0.2) is 50.4 Å². The minimum atomic E-state index is -0.511. The fourth-order valence-corrected chi connectivity index (χ4v) is 3.23. The molecule has 1 heterocycles. The predicted molar refractivity (Wildman–Crippen MR) is 82.4 cm³/mol. The SMILES string of the molecule is COC(=O)c1ccccc1C(=O)NC1CCC2OCCOC2C1. The van der Waals surface area contributed by atoms with Gasteiger partial charge in [-0.2, -0.15) is 0 Å². The van der Waals surface area contributed by atoms with Crippen LogP contribution < -0.4 is 5.32 Å². The molecule has 0 spiro atoms. The Morgan fingerprint density at radius 2 is 1.78 bits per heavy atom. The monoisotopic (exact) mass is 319 g/mol. The molecule has 1 aromatic rings. The van der Waals surface area contributed by atoms with E-state index in [-0.39, 0.29) is 29.7 Å². The number of benzene rings is 1. The average Bonchev–Trinajstić information content (AvgIpc) is 2.61. The van der Waals surface area contributed by atoms with E-state index < -0.39 is 5.97 Å². The van der Waals surface area contributed by atoms with Crippen molar-refractivity contribution in [2.24, 2.45) is 0 Å². The Morgan fingerprint density at radius 3 is 2.52 bits per heavy atom. The molecule has 23 heavy (non-hydrogen) atoms. The van der Waals surface area contributed by atoms with Crippen LogP contribution in [0.25, 0.3) is 0 Å². The second-order valence-corrected chi connectivity index (χ2v) is 5.84. The molecule has 1 aliphatic carbocycles. The summed E-state index contributed by atoms with van der Waals surface area (Å²) in [7, 11) is 1.30. The number of hydrogen-bond acceptors (Lipinski definition) is 5. The molecule has 1 saturated heterocycles. The summed E-state index contributed by atoms with van der Waals surface area (Å²) in [5, 5.41) is 3.01. The molecule has 6 heteroatoms. The molecule has 1 N–H and O–H groups in total. The normalized spacial score (nSPS) is 26.9. The van der Waals surface area contributed by atoms with Gasteiger partial charge in [0.05, 0.1) is 43.7 Å². The molecule has 1 aliphatic heterocycles. The standard InChI is InChI=1S/C17H21NO5/c1-21-17(20)13-5-3-2-4-12(13)16(19)18-11-6-7-14-15(10-11)23-9-8-22-14/h2-5,11,14-15H,6-10H2,1H3,(H,18,19). The molecule has 3 atom stereocenters. The lowest BCUT2D eigenvalue weighted by atomic mass is 9.89. The van der Waals surface area contributed by atoms with E-state index in [1.54, 1.807) is 24.3 Å². The van der Waals surface area contributed by atoms with Crippen molar-refractivity contribution in [2.45, 2.75) is 37.5 Å². The third-order valence-electron chi connectivity index (χ3n) is 4.39. The van der Waals surface area contributed by atoms with E-state index in [9.17, 15) is 9.59 Å². The van der Waals surface area contributed by atoms with Crippen molar-refractivity contribution in [1.82, 2.24) is 5.32 Å². The second-order valence-electron chi connectivity index (χ2n) is 5.84. The van der Waals surface area contributed by atoms with Crippen molar-refractivity contribution in [3.05, 3.63) is 35.4 Å². The highest BCUT2D eigenvalue weighted by Crippen LogP contribution is 2.27. The van der Waals surface area contributed by atoms with Crippen LogP contribution >= 0.6 is 0 Å². The number of amides is 1. The lowest BCUT2D eigenvalue weighted by Gasteiger charge is -2.39. The maximum atomic E-state index is 12.5. The lowest BCUT2D eigenvalue weighted by Crippen LogP contribution is -2.49. The number of esters is 1. The molecule has 2 aliphatic rings. The summed E-state index contributed by atoms with van der Waals surface area (Å²) in [5.74, 6) is -0.769. The Morgan fingerprint density at radius 1 is 1.09 bits per heavy atom. The van der Waals surface area contributed by atoms with Gasteiger partial charge in [-0.3, -0.25) is 4.79 Å². The van der Waals surface area contributed by atoms with Gasteiger partial charge in [0.2, 0.25) is 0 Å². The maximum absolute atomic E-state index is 12.5. The van der Waals surface area contributed by atoms with E-state index in [2.05, 4.69) is 5.32 Å². The number of methoxy groups -OCH3 is 1. The number of ether oxygens (including phenoxy) is 3. The number of hydrogen-bond donors (Lipinski definition) is 1. The van der Waals surface area contributed by atoms with E-state index in [4.69, 9.17) is 14.2 Å².